The quantitative estimate of drug-likeness (QED) is 0.509. The molecule has 0 bridgehead atoms. The van der Waals surface area contributed by atoms with Gasteiger partial charge in [0.05, 0.1) is 12.7 Å². The van der Waals surface area contributed by atoms with Crippen molar-refractivity contribution in [2.45, 2.75) is 6.92 Å². The number of benzene rings is 2. The number of nitrogens with one attached hydrogen (secondary N) is 2. The molecular formula is C22H20N6O2. The van der Waals surface area contributed by atoms with Crippen LogP contribution in [0.2, 0.25) is 0 Å². The molecule has 0 fully saturated rings. The fourth-order valence-corrected chi connectivity index (χ4v) is 2.95. The van der Waals surface area contributed by atoms with Gasteiger partial charge in [-0.25, -0.2) is 14.6 Å². The molecule has 0 aliphatic heterocycles. The number of hydrogen-bond donors (Lipinski definition) is 2. The SMILES string of the molecule is COc1ccccc1C(=O)Nc1ccc(Nc2cc(-n3cccn3)nc(C)n2)cc1. The number of carbonyl (C=O) groups is 1. The summed E-state index contributed by atoms with van der Waals surface area (Å²) in [6, 6.07) is 18.1. The Morgan fingerprint density at radius 2 is 1.77 bits per heavy atom. The molecule has 2 aromatic carbocycles. The minimum absolute atomic E-state index is 0.233. The summed E-state index contributed by atoms with van der Waals surface area (Å²) in [7, 11) is 1.54. The van der Waals surface area contributed by atoms with Gasteiger partial charge >= 0.3 is 0 Å². The highest BCUT2D eigenvalue weighted by Gasteiger charge is 2.11. The van der Waals surface area contributed by atoms with Crippen molar-refractivity contribution in [3.63, 3.8) is 0 Å². The second-order valence-corrected chi connectivity index (χ2v) is 6.47. The van der Waals surface area contributed by atoms with E-state index < -0.39 is 0 Å². The van der Waals surface area contributed by atoms with Crippen molar-refractivity contribution in [1.82, 2.24) is 19.7 Å². The summed E-state index contributed by atoms with van der Waals surface area (Å²) in [5.41, 5.74) is 1.98. The van der Waals surface area contributed by atoms with Crippen LogP contribution >= 0.6 is 0 Å². The Kier molecular flexibility index (Phi) is 5.38. The van der Waals surface area contributed by atoms with Gasteiger partial charge < -0.3 is 15.4 Å². The minimum Gasteiger partial charge on any atom is -0.496 e. The van der Waals surface area contributed by atoms with Crippen molar-refractivity contribution in [2.75, 3.05) is 17.7 Å². The third kappa shape index (κ3) is 4.27. The Bertz CT molecular complexity index is 1160. The monoisotopic (exact) mass is 400 g/mol. The van der Waals surface area contributed by atoms with E-state index >= 15 is 0 Å². The molecule has 0 radical (unpaired) electrons. The van der Waals surface area contributed by atoms with Gasteiger partial charge in [-0.3, -0.25) is 4.79 Å². The van der Waals surface area contributed by atoms with Crippen LogP contribution in [0.3, 0.4) is 0 Å². The lowest BCUT2D eigenvalue weighted by molar-refractivity contribution is 0.102. The number of aromatic nitrogens is 4. The van der Waals surface area contributed by atoms with E-state index in [-0.39, 0.29) is 5.91 Å². The van der Waals surface area contributed by atoms with Crippen LogP contribution in [0.5, 0.6) is 5.75 Å². The first kappa shape index (κ1) is 19.1. The van der Waals surface area contributed by atoms with Crippen LogP contribution in [0.1, 0.15) is 16.2 Å². The highest BCUT2D eigenvalue weighted by molar-refractivity contribution is 6.06. The molecule has 8 nitrogen and oxygen atoms in total. The fraction of sp³-hybridized carbons (Fsp3) is 0.0909. The third-order valence-electron chi connectivity index (χ3n) is 4.33. The zero-order valence-corrected chi connectivity index (χ0v) is 16.5. The molecule has 0 saturated carbocycles. The standard InChI is InChI=1S/C22H20N6O2/c1-15-24-20(14-21(25-15)28-13-5-12-23-28)26-16-8-10-17(11-9-16)27-22(29)18-6-3-4-7-19(18)30-2/h3-14H,1-2H3,(H,27,29)(H,24,25,26). The number of para-hydroxylation sites is 1. The summed E-state index contributed by atoms with van der Waals surface area (Å²) in [6.07, 6.45) is 3.52. The molecule has 0 aliphatic rings. The molecule has 4 aromatic rings. The molecule has 4 rings (SSSR count). The summed E-state index contributed by atoms with van der Waals surface area (Å²) in [6.45, 7) is 1.83. The lowest BCUT2D eigenvalue weighted by atomic mass is 10.2. The van der Waals surface area contributed by atoms with Crippen LogP contribution in [-0.2, 0) is 0 Å². The number of hydrogen-bond acceptors (Lipinski definition) is 6. The van der Waals surface area contributed by atoms with E-state index in [1.54, 1.807) is 36.2 Å². The maximum absolute atomic E-state index is 12.5. The lowest BCUT2D eigenvalue weighted by Gasteiger charge is -2.11. The fourth-order valence-electron chi connectivity index (χ4n) is 2.95. The van der Waals surface area contributed by atoms with Crippen LogP contribution in [0, 0.1) is 6.92 Å². The van der Waals surface area contributed by atoms with Gasteiger partial charge in [0.25, 0.3) is 5.91 Å². The number of ether oxygens (including phenoxy) is 1. The van der Waals surface area contributed by atoms with Crippen LogP contribution < -0.4 is 15.4 Å². The summed E-state index contributed by atoms with van der Waals surface area (Å²) in [5.74, 6) is 2.25. The van der Waals surface area contributed by atoms with E-state index in [0.717, 1.165) is 5.69 Å². The molecule has 1 amide bonds. The Hall–Kier alpha value is -4.20. The summed E-state index contributed by atoms with van der Waals surface area (Å²) in [4.78, 5) is 21.3. The van der Waals surface area contributed by atoms with Gasteiger partial charge in [0.2, 0.25) is 0 Å². The molecular weight excluding hydrogens is 380 g/mol. The van der Waals surface area contributed by atoms with E-state index in [9.17, 15) is 4.79 Å². The molecule has 0 atom stereocenters. The van der Waals surface area contributed by atoms with Crippen molar-refractivity contribution >= 4 is 23.1 Å². The van der Waals surface area contributed by atoms with Gasteiger partial charge in [-0.2, -0.15) is 5.10 Å². The Morgan fingerprint density at radius 3 is 2.50 bits per heavy atom. The molecule has 0 unspecified atom stereocenters. The number of nitrogens with zero attached hydrogens (tertiary/aromatic N) is 4. The maximum Gasteiger partial charge on any atom is 0.259 e. The summed E-state index contributed by atoms with van der Waals surface area (Å²) >= 11 is 0. The maximum atomic E-state index is 12.5. The van der Waals surface area contributed by atoms with Crippen LogP contribution in [0.25, 0.3) is 5.82 Å². The minimum atomic E-state index is -0.233. The number of carbonyl (C=O) groups excluding carboxylic acids is 1. The Labute approximate surface area is 173 Å². The van der Waals surface area contributed by atoms with Crippen molar-refractivity contribution in [3.8, 4) is 11.6 Å². The van der Waals surface area contributed by atoms with Gasteiger partial charge in [-0.05, 0) is 49.4 Å². The molecule has 2 aromatic heterocycles. The van der Waals surface area contributed by atoms with Crippen LogP contribution in [-0.4, -0.2) is 32.8 Å². The topological polar surface area (TPSA) is 94.0 Å². The highest BCUT2D eigenvalue weighted by Crippen LogP contribution is 2.22. The molecule has 0 saturated heterocycles. The van der Waals surface area contributed by atoms with Crippen molar-refractivity contribution in [2.24, 2.45) is 0 Å². The third-order valence-corrected chi connectivity index (χ3v) is 4.33. The van der Waals surface area contributed by atoms with E-state index in [0.29, 0.717) is 34.5 Å². The Balaban J connectivity index is 1.47. The molecule has 150 valence electrons. The number of amides is 1. The molecule has 30 heavy (non-hydrogen) atoms. The molecule has 0 spiro atoms. The van der Waals surface area contributed by atoms with Crippen molar-refractivity contribution in [1.29, 1.82) is 0 Å². The zero-order chi connectivity index (χ0) is 20.9. The zero-order valence-electron chi connectivity index (χ0n) is 16.5. The highest BCUT2D eigenvalue weighted by atomic mass is 16.5. The van der Waals surface area contributed by atoms with E-state index in [1.165, 1.54) is 0 Å². The predicted molar refractivity (Wildman–Crippen MR) is 115 cm³/mol. The summed E-state index contributed by atoms with van der Waals surface area (Å²) in [5, 5.41) is 10.3. The number of methoxy groups -OCH3 is 1. The molecule has 0 aliphatic carbocycles. The van der Waals surface area contributed by atoms with Gasteiger partial charge in [0.1, 0.15) is 17.4 Å². The van der Waals surface area contributed by atoms with E-state index in [2.05, 4.69) is 25.7 Å². The van der Waals surface area contributed by atoms with Crippen LogP contribution in [0.15, 0.2) is 73.1 Å². The lowest BCUT2D eigenvalue weighted by Crippen LogP contribution is -2.13. The smallest absolute Gasteiger partial charge is 0.259 e. The molecule has 2 heterocycles. The van der Waals surface area contributed by atoms with Gasteiger partial charge in [-0.15, -0.1) is 0 Å². The van der Waals surface area contributed by atoms with Gasteiger partial charge in [0, 0.05) is 29.8 Å². The molecule has 8 heteroatoms. The van der Waals surface area contributed by atoms with Gasteiger partial charge in [0.15, 0.2) is 5.82 Å². The van der Waals surface area contributed by atoms with E-state index in [1.807, 2.05) is 55.6 Å². The van der Waals surface area contributed by atoms with Crippen molar-refractivity contribution in [3.05, 3.63) is 84.4 Å². The van der Waals surface area contributed by atoms with Crippen molar-refractivity contribution < 1.29 is 9.53 Å². The predicted octanol–water partition coefficient (Wildman–Crippen LogP) is 3.98. The number of rotatable bonds is 6. The number of aryl methyl sites for hydroxylation is 1. The normalized spacial score (nSPS) is 10.5. The summed E-state index contributed by atoms with van der Waals surface area (Å²) < 4.78 is 6.92. The second kappa shape index (κ2) is 8.44. The first-order chi connectivity index (χ1) is 14.6. The first-order valence-electron chi connectivity index (χ1n) is 9.29. The number of anilines is 3. The molecule has 2 N–H and O–H groups in total. The van der Waals surface area contributed by atoms with E-state index in [4.69, 9.17) is 4.74 Å². The average molecular weight is 400 g/mol. The van der Waals surface area contributed by atoms with Gasteiger partial charge in [-0.1, -0.05) is 12.1 Å². The second-order valence-electron chi connectivity index (χ2n) is 6.47. The van der Waals surface area contributed by atoms with Crippen LogP contribution in [0.4, 0.5) is 17.2 Å². The average Bonchev–Trinajstić information content (AvgIpc) is 3.30. The first-order valence-corrected chi connectivity index (χ1v) is 9.29. The Morgan fingerprint density at radius 1 is 1.00 bits per heavy atom. The largest absolute Gasteiger partial charge is 0.496 e.